The minimum absolute atomic E-state index is 0.580. The molecule has 0 saturated carbocycles. The van der Waals surface area contributed by atoms with Gasteiger partial charge < -0.3 is 4.74 Å². The molecule has 1 nitrogen and oxygen atoms in total. The van der Waals surface area contributed by atoms with E-state index in [4.69, 9.17) is 4.74 Å². The van der Waals surface area contributed by atoms with Crippen molar-refractivity contribution in [1.29, 1.82) is 0 Å². The molecule has 2 aliphatic rings. The van der Waals surface area contributed by atoms with Crippen LogP contribution in [0.3, 0.4) is 0 Å². The first kappa shape index (κ1) is 10.2. The van der Waals surface area contributed by atoms with Crippen LogP contribution in [0.15, 0.2) is 22.3 Å². The van der Waals surface area contributed by atoms with Crippen LogP contribution in [0, 0.1) is 5.92 Å². The molecule has 0 radical (unpaired) electrons. The van der Waals surface area contributed by atoms with Crippen molar-refractivity contribution in [2.75, 3.05) is 12.4 Å². The lowest BCUT2D eigenvalue weighted by molar-refractivity contribution is 0.160. The molecule has 2 aliphatic heterocycles. The van der Waals surface area contributed by atoms with Crippen molar-refractivity contribution in [3.8, 4) is 0 Å². The van der Waals surface area contributed by atoms with Crippen molar-refractivity contribution < 1.29 is 4.74 Å². The maximum Gasteiger partial charge on any atom is 0.102 e. The lowest BCUT2D eigenvalue weighted by Crippen LogP contribution is -2.17. The first-order chi connectivity index (χ1) is 6.79. The molecule has 0 N–H and O–H groups in total. The van der Waals surface area contributed by atoms with Gasteiger partial charge in [-0.2, -0.15) is 0 Å². The van der Waals surface area contributed by atoms with Crippen LogP contribution >= 0.6 is 11.8 Å². The third-order valence-corrected chi connectivity index (χ3v) is 4.04. The van der Waals surface area contributed by atoms with E-state index in [1.807, 2.05) is 11.8 Å². The van der Waals surface area contributed by atoms with Gasteiger partial charge in [0.25, 0.3) is 0 Å². The van der Waals surface area contributed by atoms with Crippen molar-refractivity contribution in [3.63, 3.8) is 0 Å². The number of rotatable bonds is 1. The number of ether oxygens (including phenoxy) is 1. The van der Waals surface area contributed by atoms with Gasteiger partial charge in [0.2, 0.25) is 0 Å². The van der Waals surface area contributed by atoms with E-state index in [1.165, 1.54) is 41.9 Å². The molecule has 0 amide bonds. The molecule has 1 atom stereocenters. The minimum Gasteiger partial charge on any atom is -0.497 e. The predicted octanol–water partition coefficient (Wildman–Crippen LogP) is 3.73. The molecule has 0 aliphatic carbocycles. The van der Waals surface area contributed by atoms with E-state index < -0.39 is 0 Å². The molecular weight excluding hydrogens is 192 g/mol. The van der Waals surface area contributed by atoms with Crippen molar-refractivity contribution in [2.24, 2.45) is 5.92 Å². The largest absolute Gasteiger partial charge is 0.497 e. The minimum atomic E-state index is 0.580. The number of hydrogen-bond acceptors (Lipinski definition) is 2. The second kappa shape index (κ2) is 4.43. The summed E-state index contributed by atoms with van der Waals surface area (Å²) >= 11 is 1.93. The maximum atomic E-state index is 5.83. The topological polar surface area (TPSA) is 9.23 Å². The Morgan fingerprint density at radius 2 is 2.29 bits per heavy atom. The van der Waals surface area contributed by atoms with Crippen LogP contribution in [0.5, 0.6) is 0 Å². The van der Waals surface area contributed by atoms with Crippen LogP contribution in [0.2, 0.25) is 0 Å². The van der Waals surface area contributed by atoms with Crippen molar-refractivity contribution >= 4 is 11.8 Å². The summed E-state index contributed by atoms with van der Waals surface area (Å²) in [6, 6.07) is 0. The highest BCUT2D eigenvalue weighted by molar-refractivity contribution is 8.02. The molecule has 0 bridgehead atoms. The van der Waals surface area contributed by atoms with Crippen LogP contribution in [0.25, 0.3) is 0 Å². The Morgan fingerprint density at radius 3 is 3.00 bits per heavy atom. The van der Waals surface area contributed by atoms with E-state index in [0.29, 0.717) is 5.92 Å². The molecule has 2 rings (SSSR count). The zero-order valence-corrected chi connectivity index (χ0v) is 9.82. The second-order valence-electron chi connectivity index (χ2n) is 4.17. The Bertz CT molecular complexity index is 278. The Balaban J connectivity index is 2.20. The summed E-state index contributed by atoms with van der Waals surface area (Å²) < 4.78 is 5.83. The summed E-state index contributed by atoms with van der Waals surface area (Å²) in [7, 11) is 0. The first-order valence-corrected chi connectivity index (χ1v) is 6.44. The third kappa shape index (κ3) is 2.00. The molecule has 0 saturated heterocycles. The highest BCUT2D eigenvalue weighted by atomic mass is 32.2. The van der Waals surface area contributed by atoms with E-state index in [0.717, 1.165) is 6.61 Å². The second-order valence-corrected chi connectivity index (χ2v) is 5.15. The Kier molecular flexibility index (Phi) is 3.22. The summed E-state index contributed by atoms with van der Waals surface area (Å²) in [5.41, 5.74) is 2.96. The van der Waals surface area contributed by atoms with Gasteiger partial charge in [-0.3, -0.25) is 0 Å². The van der Waals surface area contributed by atoms with E-state index in [2.05, 4.69) is 19.3 Å². The average Bonchev–Trinajstić information content (AvgIpc) is 2.20. The van der Waals surface area contributed by atoms with Gasteiger partial charge in [0.1, 0.15) is 5.76 Å². The number of allylic oxidation sites excluding steroid dienone is 2. The van der Waals surface area contributed by atoms with Crippen LogP contribution in [-0.4, -0.2) is 12.4 Å². The van der Waals surface area contributed by atoms with Gasteiger partial charge in [-0.25, -0.2) is 0 Å². The normalized spacial score (nSPS) is 28.4. The van der Waals surface area contributed by atoms with Crippen molar-refractivity contribution in [1.82, 2.24) is 0 Å². The fraction of sp³-hybridized carbons (Fsp3) is 0.667. The van der Waals surface area contributed by atoms with E-state index in [9.17, 15) is 0 Å². The Labute approximate surface area is 90.6 Å². The van der Waals surface area contributed by atoms with Crippen LogP contribution in [0.4, 0.5) is 0 Å². The highest BCUT2D eigenvalue weighted by Gasteiger charge is 2.24. The zero-order chi connectivity index (χ0) is 9.97. The number of thioether (sulfide) groups is 1. The molecule has 14 heavy (non-hydrogen) atoms. The van der Waals surface area contributed by atoms with Crippen molar-refractivity contribution in [3.05, 3.63) is 22.3 Å². The molecule has 0 aromatic rings. The fourth-order valence-corrected chi connectivity index (χ4v) is 3.10. The lowest BCUT2D eigenvalue weighted by atomic mass is 9.91. The van der Waals surface area contributed by atoms with Gasteiger partial charge in [-0.15, -0.1) is 11.8 Å². The molecule has 2 heterocycles. The van der Waals surface area contributed by atoms with Gasteiger partial charge in [0.05, 0.1) is 6.61 Å². The predicted molar refractivity (Wildman–Crippen MR) is 62.2 cm³/mol. The molecule has 0 aromatic heterocycles. The van der Waals surface area contributed by atoms with E-state index in [-0.39, 0.29) is 0 Å². The van der Waals surface area contributed by atoms with Crippen LogP contribution in [-0.2, 0) is 4.74 Å². The fourth-order valence-electron chi connectivity index (χ4n) is 2.19. The smallest absolute Gasteiger partial charge is 0.102 e. The van der Waals surface area contributed by atoms with Gasteiger partial charge in [0.15, 0.2) is 0 Å². The van der Waals surface area contributed by atoms with Crippen LogP contribution < -0.4 is 0 Å². The van der Waals surface area contributed by atoms with E-state index >= 15 is 0 Å². The number of hydrogen-bond donors (Lipinski definition) is 0. The highest BCUT2D eigenvalue weighted by Crippen LogP contribution is 2.36. The average molecular weight is 210 g/mol. The molecule has 1 unspecified atom stereocenters. The summed E-state index contributed by atoms with van der Waals surface area (Å²) in [5.74, 6) is 3.10. The zero-order valence-electron chi connectivity index (χ0n) is 9.01. The van der Waals surface area contributed by atoms with Gasteiger partial charge >= 0.3 is 0 Å². The SMILES string of the molecule is CC1=CSCCC1C1=C(C)CCCO1. The van der Waals surface area contributed by atoms with Gasteiger partial charge in [-0.05, 0) is 49.8 Å². The standard InChI is InChI=1S/C12H18OS/c1-9-4-3-6-13-12(9)11-5-7-14-8-10(11)2/h8,11H,3-7H2,1-2H3. The van der Waals surface area contributed by atoms with Crippen molar-refractivity contribution in [2.45, 2.75) is 33.1 Å². The molecule has 2 heteroatoms. The first-order valence-electron chi connectivity index (χ1n) is 5.40. The van der Waals surface area contributed by atoms with Gasteiger partial charge in [0, 0.05) is 5.92 Å². The molecule has 0 aromatic carbocycles. The monoisotopic (exact) mass is 210 g/mol. The molecular formula is C12H18OS. The molecule has 0 fully saturated rings. The van der Waals surface area contributed by atoms with Crippen LogP contribution in [0.1, 0.15) is 33.1 Å². The summed E-state index contributed by atoms with van der Waals surface area (Å²) in [6.45, 7) is 5.38. The Morgan fingerprint density at radius 1 is 1.43 bits per heavy atom. The summed E-state index contributed by atoms with van der Waals surface area (Å²) in [6.07, 6.45) is 3.67. The van der Waals surface area contributed by atoms with E-state index in [1.54, 1.807) is 0 Å². The lowest BCUT2D eigenvalue weighted by Gasteiger charge is -2.29. The van der Waals surface area contributed by atoms with Gasteiger partial charge in [-0.1, -0.05) is 5.57 Å². The summed E-state index contributed by atoms with van der Waals surface area (Å²) in [4.78, 5) is 0. The maximum absolute atomic E-state index is 5.83. The third-order valence-electron chi connectivity index (χ3n) is 3.03. The molecule has 0 spiro atoms. The molecule has 78 valence electrons. The Hall–Kier alpha value is -0.370. The quantitative estimate of drug-likeness (QED) is 0.652. The summed E-state index contributed by atoms with van der Waals surface area (Å²) in [5, 5.41) is 2.30.